The Morgan fingerprint density at radius 2 is 2.19 bits per heavy atom. The van der Waals surface area contributed by atoms with Gasteiger partial charge in [0.15, 0.2) is 0 Å². The molecule has 2 fully saturated rings. The molecule has 1 aliphatic carbocycles. The van der Waals surface area contributed by atoms with Crippen molar-refractivity contribution in [1.29, 1.82) is 0 Å². The first-order valence-corrected chi connectivity index (χ1v) is 7.67. The quantitative estimate of drug-likeness (QED) is 0.767. The molecule has 0 radical (unpaired) electrons. The lowest BCUT2D eigenvalue weighted by Crippen LogP contribution is -2.51. The Kier molecular flexibility index (Phi) is 5.24. The molecule has 1 saturated heterocycles. The molecule has 1 aliphatic heterocycles. The second kappa shape index (κ2) is 6.95. The summed E-state index contributed by atoms with van der Waals surface area (Å²) in [6.07, 6.45) is 10.9. The van der Waals surface area contributed by atoms with Crippen molar-refractivity contribution in [2.24, 2.45) is 5.92 Å². The van der Waals surface area contributed by atoms with Crippen LogP contribution in [0, 0.1) is 18.3 Å². The highest BCUT2D eigenvalue weighted by atomic mass is 16.5. The number of amides is 2. The third-order valence-electron chi connectivity index (χ3n) is 4.50. The lowest BCUT2D eigenvalue weighted by molar-refractivity contribution is -0.129. The van der Waals surface area contributed by atoms with E-state index in [9.17, 15) is 9.59 Å². The lowest BCUT2D eigenvalue weighted by atomic mass is 9.82. The standard InChI is InChI=1S/C16H24N2O3/c1-3-16(7-5-4-6-8-16)17-15(20)13-11-14(19)18(12-13)9-10-21-2/h1,13H,4-12H2,2H3,(H,17,20)/t13-/m1/s1. The van der Waals surface area contributed by atoms with Crippen molar-refractivity contribution in [1.82, 2.24) is 10.2 Å². The molecule has 5 nitrogen and oxygen atoms in total. The number of rotatable bonds is 5. The van der Waals surface area contributed by atoms with Gasteiger partial charge in [0.1, 0.15) is 5.54 Å². The van der Waals surface area contributed by atoms with Crippen LogP contribution in [-0.4, -0.2) is 49.1 Å². The summed E-state index contributed by atoms with van der Waals surface area (Å²) in [7, 11) is 1.60. The molecule has 2 rings (SSSR count). The third-order valence-corrected chi connectivity index (χ3v) is 4.50. The van der Waals surface area contributed by atoms with Crippen LogP contribution in [0.4, 0.5) is 0 Å². The first-order valence-electron chi connectivity index (χ1n) is 7.67. The molecule has 2 aliphatic rings. The summed E-state index contributed by atoms with van der Waals surface area (Å²) in [6, 6.07) is 0. The monoisotopic (exact) mass is 292 g/mol. The van der Waals surface area contributed by atoms with E-state index in [4.69, 9.17) is 11.2 Å². The van der Waals surface area contributed by atoms with Crippen molar-refractivity contribution in [2.75, 3.05) is 26.8 Å². The molecule has 116 valence electrons. The maximum absolute atomic E-state index is 12.4. The number of likely N-dealkylation sites (tertiary alicyclic amines) is 1. The van der Waals surface area contributed by atoms with Gasteiger partial charge in [-0.3, -0.25) is 9.59 Å². The van der Waals surface area contributed by atoms with Gasteiger partial charge >= 0.3 is 0 Å². The third kappa shape index (κ3) is 3.76. The smallest absolute Gasteiger partial charge is 0.226 e. The highest BCUT2D eigenvalue weighted by Crippen LogP contribution is 2.28. The minimum Gasteiger partial charge on any atom is -0.383 e. The fourth-order valence-corrected chi connectivity index (χ4v) is 3.16. The SMILES string of the molecule is C#CC1(NC(=O)[C@@H]2CC(=O)N(CCOC)C2)CCCCC1. The number of hydrogen-bond donors (Lipinski definition) is 1. The maximum atomic E-state index is 12.4. The molecule has 1 saturated carbocycles. The summed E-state index contributed by atoms with van der Waals surface area (Å²) in [5.74, 6) is 2.43. The van der Waals surface area contributed by atoms with E-state index >= 15 is 0 Å². The first-order chi connectivity index (χ1) is 10.1. The van der Waals surface area contributed by atoms with Crippen LogP contribution in [-0.2, 0) is 14.3 Å². The Morgan fingerprint density at radius 1 is 1.48 bits per heavy atom. The number of nitrogens with one attached hydrogen (secondary N) is 1. The fraction of sp³-hybridized carbons (Fsp3) is 0.750. The van der Waals surface area contributed by atoms with Crippen LogP contribution < -0.4 is 5.32 Å². The number of hydrogen-bond acceptors (Lipinski definition) is 3. The Hall–Kier alpha value is -1.54. The molecule has 0 aromatic carbocycles. The molecule has 0 unspecified atom stereocenters. The van der Waals surface area contributed by atoms with Crippen LogP contribution in [0.5, 0.6) is 0 Å². The van der Waals surface area contributed by atoms with E-state index in [1.807, 2.05) is 0 Å². The van der Waals surface area contributed by atoms with Crippen LogP contribution in [0.15, 0.2) is 0 Å². The highest BCUT2D eigenvalue weighted by Gasteiger charge is 2.38. The minimum atomic E-state index is -0.502. The summed E-state index contributed by atoms with van der Waals surface area (Å²) in [5.41, 5.74) is -0.502. The number of terminal acetylenes is 1. The molecular formula is C16H24N2O3. The van der Waals surface area contributed by atoms with Gasteiger partial charge in [-0.05, 0) is 12.8 Å². The predicted molar refractivity (Wildman–Crippen MR) is 79.4 cm³/mol. The number of nitrogens with zero attached hydrogens (tertiary/aromatic N) is 1. The normalized spacial score (nSPS) is 24.7. The van der Waals surface area contributed by atoms with Crippen molar-refractivity contribution in [3.63, 3.8) is 0 Å². The van der Waals surface area contributed by atoms with Crippen LogP contribution in [0.25, 0.3) is 0 Å². The summed E-state index contributed by atoms with van der Waals surface area (Å²) >= 11 is 0. The minimum absolute atomic E-state index is 0.0191. The average molecular weight is 292 g/mol. The average Bonchev–Trinajstić information content (AvgIpc) is 2.87. The van der Waals surface area contributed by atoms with Crippen molar-refractivity contribution in [3.05, 3.63) is 0 Å². The van der Waals surface area contributed by atoms with Gasteiger partial charge in [-0.1, -0.05) is 25.2 Å². The Balaban J connectivity index is 1.92. The maximum Gasteiger partial charge on any atom is 0.226 e. The van der Waals surface area contributed by atoms with Gasteiger partial charge in [0.2, 0.25) is 11.8 Å². The predicted octanol–water partition coefficient (Wildman–Crippen LogP) is 0.934. The van der Waals surface area contributed by atoms with Crippen molar-refractivity contribution < 1.29 is 14.3 Å². The van der Waals surface area contributed by atoms with Gasteiger partial charge < -0.3 is 15.0 Å². The van der Waals surface area contributed by atoms with Gasteiger partial charge in [0, 0.05) is 26.6 Å². The van der Waals surface area contributed by atoms with Crippen LogP contribution >= 0.6 is 0 Å². The van der Waals surface area contributed by atoms with Crippen molar-refractivity contribution in [3.8, 4) is 12.3 Å². The van der Waals surface area contributed by atoms with Crippen molar-refractivity contribution in [2.45, 2.75) is 44.1 Å². The molecule has 0 spiro atoms. The van der Waals surface area contributed by atoms with E-state index in [0.717, 1.165) is 25.7 Å². The van der Waals surface area contributed by atoms with Gasteiger partial charge in [0.25, 0.3) is 0 Å². The van der Waals surface area contributed by atoms with E-state index in [1.165, 1.54) is 6.42 Å². The van der Waals surface area contributed by atoms with Crippen LogP contribution in [0.2, 0.25) is 0 Å². The van der Waals surface area contributed by atoms with E-state index in [1.54, 1.807) is 12.0 Å². The molecule has 0 bridgehead atoms. The second-order valence-electron chi connectivity index (χ2n) is 6.01. The van der Waals surface area contributed by atoms with Crippen LogP contribution in [0.1, 0.15) is 38.5 Å². The second-order valence-corrected chi connectivity index (χ2v) is 6.01. The largest absolute Gasteiger partial charge is 0.383 e. The van der Waals surface area contributed by atoms with Gasteiger partial charge in [-0.25, -0.2) is 0 Å². The molecule has 1 heterocycles. The molecule has 1 atom stereocenters. The summed E-state index contributed by atoms with van der Waals surface area (Å²) in [6.45, 7) is 1.50. The van der Waals surface area contributed by atoms with Gasteiger partial charge in [-0.2, -0.15) is 0 Å². The molecule has 5 heteroatoms. The zero-order chi connectivity index (χ0) is 15.3. The molecule has 0 aromatic rings. The number of methoxy groups -OCH3 is 1. The molecular weight excluding hydrogens is 268 g/mol. The van der Waals surface area contributed by atoms with E-state index < -0.39 is 5.54 Å². The zero-order valence-corrected chi connectivity index (χ0v) is 12.7. The van der Waals surface area contributed by atoms with Crippen LogP contribution in [0.3, 0.4) is 0 Å². The van der Waals surface area contributed by atoms with E-state index in [-0.39, 0.29) is 24.2 Å². The molecule has 0 aromatic heterocycles. The first kappa shape index (κ1) is 15.8. The summed E-state index contributed by atoms with van der Waals surface area (Å²) in [4.78, 5) is 26.0. The Labute approximate surface area is 126 Å². The van der Waals surface area contributed by atoms with Gasteiger partial charge in [0.05, 0.1) is 12.5 Å². The summed E-state index contributed by atoms with van der Waals surface area (Å²) in [5, 5.41) is 3.04. The summed E-state index contributed by atoms with van der Waals surface area (Å²) < 4.78 is 4.98. The Bertz CT molecular complexity index is 435. The number of carbonyl (C=O) groups is 2. The highest BCUT2D eigenvalue weighted by molar-refractivity contribution is 5.89. The molecule has 2 amide bonds. The zero-order valence-electron chi connectivity index (χ0n) is 12.7. The van der Waals surface area contributed by atoms with E-state index in [2.05, 4.69) is 11.2 Å². The lowest BCUT2D eigenvalue weighted by Gasteiger charge is -2.34. The van der Waals surface area contributed by atoms with E-state index in [0.29, 0.717) is 19.7 Å². The molecule has 1 N–H and O–H groups in total. The molecule has 21 heavy (non-hydrogen) atoms. The van der Waals surface area contributed by atoms with Crippen molar-refractivity contribution >= 4 is 11.8 Å². The van der Waals surface area contributed by atoms with Gasteiger partial charge in [-0.15, -0.1) is 6.42 Å². The Morgan fingerprint density at radius 3 is 2.81 bits per heavy atom. The fourth-order valence-electron chi connectivity index (χ4n) is 3.16. The number of carbonyl (C=O) groups excluding carboxylic acids is 2. The number of ether oxygens (including phenoxy) is 1. The topological polar surface area (TPSA) is 58.6 Å².